The third-order valence-electron chi connectivity index (χ3n) is 5.18. The Balaban J connectivity index is 1.74. The number of piperazine rings is 1. The summed E-state index contributed by atoms with van der Waals surface area (Å²) in [6, 6.07) is 6.18. The van der Waals surface area contributed by atoms with Gasteiger partial charge in [0.2, 0.25) is 0 Å². The van der Waals surface area contributed by atoms with Crippen LogP contribution >= 0.6 is 0 Å². The number of halogens is 3. The van der Waals surface area contributed by atoms with Crippen LogP contribution in [0.5, 0.6) is 0 Å². The second-order valence-electron chi connectivity index (χ2n) is 8.90. The maximum absolute atomic E-state index is 13.7. The van der Waals surface area contributed by atoms with Crippen LogP contribution in [0.25, 0.3) is 22.4 Å². The highest BCUT2D eigenvalue weighted by Crippen LogP contribution is 2.38. The lowest BCUT2D eigenvalue weighted by atomic mass is 9.87. The molecule has 0 bridgehead atoms. The lowest BCUT2D eigenvalue weighted by molar-refractivity contribution is -0.137. The third kappa shape index (κ3) is 4.26. The number of nitrogens with one attached hydrogen (secondary N) is 2. The zero-order chi connectivity index (χ0) is 21.5. The van der Waals surface area contributed by atoms with Crippen LogP contribution in [0, 0.1) is 5.41 Å². The van der Waals surface area contributed by atoms with Crippen LogP contribution in [0.15, 0.2) is 30.5 Å². The molecule has 0 spiro atoms. The van der Waals surface area contributed by atoms with Gasteiger partial charge in [-0.2, -0.15) is 18.3 Å². The standard InChI is InChI=1S/C21H25F3N6/c1-20(2,3)11-13-12-30(10-9-25-13)16-7-6-15(21(22,23)24)18(27-16)17-14-5-4-8-26-19(14)29-28-17/h4-8,13,25H,9-12H2,1-3H3,(H,26,28,29)/t13-/m0/s1. The molecule has 1 saturated heterocycles. The minimum absolute atomic E-state index is 0.153. The molecule has 160 valence electrons. The number of rotatable bonds is 3. The molecular formula is C21H25F3N6. The van der Waals surface area contributed by atoms with E-state index in [1.54, 1.807) is 18.3 Å². The second-order valence-corrected chi connectivity index (χ2v) is 8.90. The number of hydrogen-bond acceptors (Lipinski definition) is 5. The lowest BCUT2D eigenvalue weighted by Crippen LogP contribution is -2.52. The Bertz CT molecular complexity index is 1040. The van der Waals surface area contributed by atoms with E-state index < -0.39 is 11.7 Å². The number of anilines is 1. The Morgan fingerprint density at radius 1 is 1.13 bits per heavy atom. The van der Waals surface area contributed by atoms with Crippen molar-refractivity contribution in [1.29, 1.82) is 0 Å². The van der Waals surface area contributed by atoms with E-state index in [-0.39, 0.29) is 22.8 Å². The largest absolute Gasteiger partial charge is 0.418 e. The van der Waals surface area contributed by atoms with E-state index in [4.69, 9.17) is 0 Å². The highest BCUT2D eigenvalue weighted by atomic mass is 19.4. The Hall–Kier alpha value is -2.68. The molecule has 30 heavy (non-hydrogen) atoms. The molecule has 1 fully saturated rings. The topological polar surface area (TPSA) is 69.7 Å². The summed E-state index contributed by atoms with van der Waals surface area (Å²) in [7, 11) is 0. The Kier molecular flexibility index (Phi) is 5.17. The van der Waals surface area contributed by atoms with E-state index in [0.29, 0.717) is 29.9 Å². The van der Waals surface area contributed by atoms with Gasteiger partial charge in [0.1, 0.15) is 17.2 Å². The summed E-state index contributed by atoms with van der Waals surface area (Å²) < 4.78 is 41.2. The number of nitrogens with zero attached hydrogens (tertiary/aromatic N) is 4. The lowest BCUT2D eigenvalue weighted by Gasteiger charge is -2.37. The first-order valence-corrected chi connectivity index (χ1v) is 9.98. The molecule has 4 rings (SSSR count). The summed E-state index contributed by atoms with van der Waals surface area (Å²) in [6.45, 7) is 8.67. The summed E-state index contributed by atoms with van der Waals surface area (Å²) >= 11 is 0. The molecule has 6 nitrogen and oxygen atoms in total. The summed E-state index contributed by atoms with van der Waals surface area (Å²) in [5.41, 5.74) is -0.232. The van der Waals surface area contributed by atoms with Crippen LogP contribution in [0.2, 0.25) is 0 Å². The van der Waals surface area contributed by atoms with Gasteiger partial charge in [-0.05, 0) is 36.1 Å². The molecule has 1 aliphatic rings. The van der Waals surface area contributed by atoms with E-state index in [2.05, 4.69) is 46.3 Å². The van der Waals surface area contributed by atoms with Crippen molar-refractivity contribution in [3.05, 3.63) is 36.0 Å². The fourth-order valence-electron chi connectivity index (χ4n) is 3.98. The molecule has 3 aromatic heterocycles. The number of fused-ring (bicyclic) bond motifs is 1. The Morgan fingerprint density at radius 2 is 1.93 bits per heavy atom. The van der Waals surface area contributed by atoms with E-state index >= 15 is 0 Å². The number of alkyl halides is 3. The smallest absolute Gasteiger partial charge is 0.354 e. The molecule has 0 aliphatic carbocycles. The van der Waals surface area contributed by atoms with Gasteiger partial charge in [-0.1, -0.05) is 20.8 Å². The molecule has 0 aromatic carbocycles. The molecule has 9 heteroatoms. The van der Waals surface area contributed by atoms with Gasteiger partial charge >= 0.3 is 6.18 Å². The van der Waals surface area contributed by atoms with Crippen LogP contribution in [-0.4, -0.2) is 45.8 Å². The van der Waals surface area contributed by atoms with Gasteiger partial charge in [0, 0.05) is 37.3 Å². The highest BCUT2D eigenvalue weighted by Gasteiger charge is 2.36. The van der Waals surface area contributed by atoms with Crippen molar-refractivity contribution in [2.24, 2.45) is 5.41 Å². The molecule has 1 atom stereocenters. The molecule has 0 radical (unpaired) electrons. The average Bonchev–Trinajstić information content (AvgIpc) is 3.10. The normalized spacial score (nSPS) is 18.2. The number of pyridine rings is 2. The van der Waals surface area contributed by atoms with Gasteiger partial charge in [0.15, 0.2) is 5.65 Å². The molecule has 0 unspecified atom stereocenters. The van der Waals surface area contributed by atoms with Gasteiger partial charge in [-0.15, -0.1) is 0 Å². The first kappa shape index (κ1) is 20.6. The van der Waals surface area contributed by atoms with Gasteiger partial charge in [0.05, 0.1) is 5.56 Å². The predicted molar refractivity (Wildman–Crippen MR) is 110 cm³/mol. The molecule has 0 saturated carbocycles. The van der Waals surface area contributed by atoms with Crippen molar-refractivity contribution >= 4 is 16.9 Å². The average molecular weight is 418 g/mol. The SMILES string of the molecule is CC(C)(C)C[C@H]1CN(c2ccc(C(F)(F)F)c(-c3n[nH]c4ncccc34)n2)CCN1. The van der Waals surface area contributed by atoms with E-state index in [0.717, 1.165) is 19.0 Å². The predicted octanol–water partition coefficient (Wildman–Crippen LogP) is 4.25. The van der Waals surface area contributed by atoms with Gasteiger partial charge in [0.25, 0.3) is 0 Å². The van der Waals surface area contributed by atoms with Crippen molar-refractivity contribution in [1.82, 2.24) is 25.5 Å². The third-order valence-corrected chi connectivity index (χ3v) is 5.18. The highest BCUT2D eigenvalue weighted by molar-refractivity contribution is 5.90. The van der Waals surface area contributed by atoms with Gasteiger partial charge < -0.3 is 10.2 Å². The van der Waals surface area contributed by atoms with Crippen molar-refractivity contribution < 1.29 is 13.2 Å². The quantitative estimate of drug-likeness (QED) is 0.665. The van der Waals surface area contributed by atoms with Crippen molar-refractivity contribution in [3.63, 3.8) is 0 Å². The van der Waals surface area contributed by atoms with Crippen molar-refractivity contribution in [3.8, 4) is 11.4 Å². The van der Waals surface area contributed by atoms with Crippen LogP contribution in [0.1, 0.15) is 32.8 Å². The van der Waals surface area contributed by atoms with Crippen LogP contribution in [0.4, 0.5) is 19.0 Å². The Labute approximate surface area is 172 Å². The maximum atomic E-state index is 13.7. The summed E-state index contributed by atoms with van der Waals surface area (Å²) in [6.07, 6.45) is -2.01. The van der Waals surface area contributed by atoms with Crippen molar-refractivity contribution in [2.75, 3.05) is 24.5 Å². The molecular weight excluding hydrogens is 393 g/mol. The van der Waals surface area contributed by atoms with Gasteiger partial charge in [-0.3, -0.25) is 5.10 Å². The van der Waals surface area contributed by atoms with Crippen LogP contribution in [0.3, 0.4) is 0 Å². The first-order chi connectivity index (χ1) is 14.1. The van der Waals surface area contributed by atoms with E-state index in [1.807, 2.05) is 4.90 Å². The minimum Gasteiger partial charge on any atom is -0.354 e. The second kappa shape index (κ2) is 7.54. The summed E-state index contributed by atoms with van der Waals surface area (Å²) in [5, 5.41) is 10.8. The fraction of sp³-hybridized carbons (Fsp3) is 0.476. The molecule has 2 N–H and O–H groups in total. The Morgan fingerprint density at radius 3 is 2.67 bits per heavy atom. The van der Waals surface area contributed by atoms with Crippen LogP contribution < -0.4 is 10.2 Å². The van der Waals surface area contributed by atoms with E-state index in [9.17, 15) is 13.2 Å². The molecule has 0 amide bonds. The molecule has 3 aromatic rings. The number of aromatic amines is 1. The molecule has 4 heterocycles. The zero-order valence-corrected chi connectivity index (χ0v) is 17.2. The minimum atomic E-state index is -4.54. The number of aromatic nitrogens is 4. The summed E-state index contributed by atoms with van der Waals surface area (Å²) in [4.78, 5) is 10.6. The zero-order valence-electron chi connectivity index (χ0n) is 17.2. The van der Waals surface area contributed by atoms with Crippen molar-refractivity contribution in [2.45, 2.75) is 39.4 Å². The fourth-order valence-corrected chi connectivity index (χ4v) is 3.98. The van der Waals surface area contributed by atoms with E-state index in [1.165, 1.54) is 6.07 Å². The van der Waals surface area contributed by atoms with Crippen LogP contribution in [-0.2, 0) is 6.18 Å². The monoisotopic (exact) mass is 418 g/mol. The first-order valence-electron chi connectivity index (χ1n) is 9.98. The number of H-pyrrole nitrogens is 1. The van der Waals surface area contributed by atoms with Gasteiger partial charge in [-0.25, -0.2) is 9.97 Å². The summed E-state index contributed by atoms with van der Waals surface area (Å²) in [5.74, 6) is 0.526. The molecule has 1 aliphatic heterocycles. The maximum Gasteiger partial charge on any atom is 0.418 e. The number of hydrogen-bond donors (Lipinski definition) is 2.